The molecule has 0 aliphatic heterocycles. The summed E-state index contributed by atoms with van der Waals surface area (Å²) in [6.45, 7) is -0.505. The van der Waals surface area contributed by atoms with Gasteiger partial charge >= 0.3 is 5.97 Å². The van der Waals surface area contributed by atoms with Crippen LogP contribution in [0.2, 0.25) is 10.0 Å². The number of nitrogens with zero attached hydrogens (tertiary/aromatic N) is 2. The number of hydrogen-bond acceptors (Lipinski definition) is 5. The molecule has 6 nitrogen and oxygen atoms in total. The topological polar surface area (TPSA) is 73.2 Å². The third-order valence-corrected chi connectivity index (χ3v) is 5.78. The van der Waals surface area contributed by atoms with Gasteiger partial charge in [-0.3, -0.25) is 4.79 Å². The monoisotopic (exact) mass is 471 g/mol. The van der Waals surface area contributed by atoms with E-state index in [1.165, 1.54) is 16.0 Å². The summed E-state index contributed by atoms with van der Waals surface area (Å²) in [7, 11) is 0. The molecule has 0 spiro atoms. The molecule has 4 aromatic rings. The molecular weight excluding hydrogens is 457 g/mol. The van der Waals surface area contributed by atoms with Crippen LogP contribution in [0.25, 0.3) is 16.3 Å². The number of carbonyl (C=O) groups is 2. The number of hydrogen-bond donors (Lipinski definition) is 1. The Morgan fingerprint density at radius 2 is 1.74 bits per heavy atom. The Morgan fingerprint density at radius 1 is 1.00 bits per heavy atom. The number of benzene rings is 2. The minimum absolute atomic E-state index is 0.207. The third-order valence-electron chi connectivity index (χ3n) is 4.25. The van der Waals surface area contributed by atoms with Crippen LogP contribution in [-0.4, -0.2) is 28.3 Å². The standard InChI is InChI=1S/C22H15Cl2N3O3S/c23-15-8-4-9-16(24)21(15)25-20(28)13-30-22(29)18-12-17(19-10-5-11-31-19)26-27(18)14-6-2-1-3-7-14/h1-12H,13H2,(H,25,28). The van der Waals surface area contributed by atoms with E-state index < -0.39 is 18.5 Å². The molecule has 0 fully saturated rings. The molecule has 1 N–H and O–H groups in total. The van der Waals surface area contributed by atoms with Crippen molar-refractivity contribution in [2.75, 3.05) is 11.9 Å². The molecule has 2 aromatic heterocycles. The summed E-state index contributed by atoms with van der Waals surface area (Å²) in [5, 5.41) is 9.61. The van der Waals surface area contributed by atoms with Crippen LogP contribution in [0.15, 0.2) is 72.1 Å². The van der Waals surface area contributed by atoms with E-state index in [-0.39, 0.29) is 21.4 Å². The highest BCUT2D eigenvalue weighted by Gasteiger charge is 2.20. The maximum Gasteiger partial charge on any atom is 0.357 e. The van der Waals surface area contributed by atoms with E-state index in [1.807, 2.05) is 47.8 Å². The fraction of sp³-hybridized carbons (Fsp3) is 0.0455. The number of rotatable bonds is 6. The van der Waals surface area contributed by atoms with Crippen molar-refractivity contribution in [2.45, 2.75) is 0 Å². The zero-order valence-electron chi connectivity index (χ0n) is 15.9. The average Bonchev–Trinajstić information content (AvgIpc) is 3.45. The number of ether oxygens (including phenoxy) is 1. The van der Waals surface area contributed by atoms with Crippen LogP contribution in [0.5, 0.6) is 0 Å². The summed E-state index contributed by atoms with van der Waals surface area (Å²) >= 11 is 13.6. The minimum atomic E-state index is -0.681. The molecule has 156 valence electrons. The van der Waals surface area contributed by atoms with Gasteiger partial charge in [-0.15, -0.1) is 11.3 Å². The molecule has 1 amide bonds. The van der Waals surface area contributed by atoms with Gasteiger partial charge in [0.2, 0.25) is 0 Å². The Morgan fingerprint density at radius 3 is 2.42 bits per heavy atom. The third kappa shape index (κ3) is 4.80. The number of thiophene rings is 1. The van der Waals surface area contributed by atoms with Gasteiger partial charge < -0.3 is 10.1 Å². The second-order valence-corrected chi connectivity index (χ2v) is 8.12. The second kappa shape index (κ2) is 9.34. The van der Waals surface area contributed by atoms with Gasteiger partial charge in [0.1, 0.15) is 5.69 Å². The van der Waals surface area contributed by atoms with Gasteiger partial charge in [0.25, 0.3) is 5.91 Å². The Labute approximate surface area is 192 Å². The summed E-state index contributed by atoms with van der Waals surface area (Å²) in [6.07, 6.45) is 0. The molecule has 0 aliphatic rings. The SMILES string of the molecule is O=C(COC(=O)c1cc(-c2cccs2)nn1-c1ccccc1)Nc1c(Cl)cccc1Cl. The van der Waals surface area contributed by atoms with Crippen LogP contribution in [0.3, 0.4) is 0 Å². The first-order valence-corrected chi connectivity index (χ1v) is 10.8. The van der Waals surface area contributed by atoms with E-state index in [1.54, 1.807) is 24.3 Å². The lowest BCUT2D eigenvalue weighted by Crippen LogP contribution is -2.22. The predicted octanol–water partition coefficient (Wildman–Crippen LogP) is 5.70. The maximum atomic E-state index is 12.8. The molecule has 9 heteroatoms. The highest BCUT2D eigenvalue weighted by atomic mass is 35.5. The van der Waals surface area contributed by atoms with Crippen LogP contribution in [0.1, 0.15) is 10.5 Å². The summed E-state index contributed by atoms with van der Waals surface area (Å²) in [5.41, 5.74) is 1.81. The van der Waals surface area contributed by atoms with Gasteiger partial charge in [0.15, 0.2) is 12.3 Å². The molecule has 0 bridgehead atoms. The summed E-state index contributed by atoms with van der Waals surface area (Å²) < 4.78 is 6.74. The second-order valence-electron chi connectivity index (χ2n) is 6.36. The number of carbonyl (C=O) groups excluding carboxylic acids is 2. The highest BCUT2D eigenvalue weighted by molar-refractivity contribution is 7.13. The molecule has 0 saturated heterocycles. The lowest BCUT2D eigenvalue weighted by molar-refractivity contribution is -0.119. The van der Waals surface area contributed by atoms with E-state index in [0.717, 1.165) is 4.88 Å². The van der Waals surface area contributed by atoms with Gasteiger partial charge in [-0.1, -0.05) is 53.5 Å². The smallest absolute Gasteiger partial charge is 0.357 e. The number of para-hydroxylation sites is 2. The van der Waals surface area contributed by atoms with Crippen LogP contribution in [0, 0.1) is 0 Å². The average molecular weight is 472 g/mol. The lowest BCUT2D eigenvalue weighted by atomic mass is 10.3. The molecule has 31 heavy (non-hydrogen) atoms. The first-order chi connectivity index (χ1) is 15.0. The summed E-state index contributed by atoms with van der Waals surface area (Å²) in [5.74, 6) is -1.24. The number of halogens is 2. The zero-order chi connectivity index (χ0) is 21.8. The van der Waals surface area contributed by atoms with Crippen molar-refractivity contribution in [3.8, 4) is 16.3 Å². The molecular formula is C22H15Cl2N3O3S. The number of esters is 1. The first-order valence-electron chi connectivity index (χ1n) is 9.13. The van der Waals surface area contributed by atoms with E-state index in [4.69, 9.17) is 27.9 Å². The Kier molecular flexibility index (Phi) is 6.36. The molecule has 0 unspecified atom stereocenters. The number of amides is 1. The Balaban J connectivity index is 1.53. The van der Waals surface area contributed by atoms with Gasteiger partial charge in [-0.2, -0.15) is 5.10 Å². The Bertz CT molecular complexity index is 1200. The quantitative estimate of drug-likeness (QED) is 0.365. The normalized spacial score (nSPS) is 10.6. The minimum Gasteiger partial charge on any atom is -0.451 e. The van der Waals surface area contributed by atoms with E-state index in [2.05, 4.69) is 10.4 Å². The molecule has 0 radical (unpaired) electrons. The van der Waals surface area contributed by atoms with Gasteiger partial charge in [0.05, 0.1) is 26.3 Å². The van der Waals surface area contributed by atoms with Crippen LogP contribution in [0.4, 0.5) is 5.69 Å². The molecule has 2 heterocycles. The van der Waals surface area contributed by atoms with E-state index in [9.17, 15) is 9.59 Å². The van der Waals surface area contributed by atoms with E-state index in [0.29, 0.717) is 11.4 Å². The van der Waals surface area contributed by atoms with Crippen molar-refractivity contribution in [3.63, 3.8) is 0 Å². The first kappa shape index (κ1) is 21.1. The Hall–Kier alpha value is -3.13. The maximum absolute atomic E-state index is 12.8. The molecule has 0 saturated carbocycles. The van der Waals surface area contributed by atoms with Crippen molar-refractivity contribution in [1.82, 2.24) is 9.78 Å². The lowest BCUT2D eigenvalue weighted by Gasteiger charge is -2.10. The van der Waals surface area contributed by atoms with Crippen molar-refractivity contribution in [1.29, 1.82) is 0 Å². The van der Waals surface area contributed by atoms with Gasteiger partial charge in [-0.05, 0) is 35.7 Å². The summed E-state index contributed by atoms with van der Waals surface area (Å²) in [6, 6.07) is 19.5. The molecule has 0 atom stereocenters. The largest absolute Gasteiger partial charge is 0.451 e. The van der Waals surface area contributed by atoms with Crippen molar-refractivity contribution < 1.29 is 14.3 Å². The molecule has 2 aromatic carbocycles. The predicted molar refractivity (Wildman–Crippen MR) is 122 cm³/mol. The van der Waals surface area contributed by atoms with Gasteiger partial charge in [-0.25, -0.2) is 9.48 Å². The molecule has 4 rings (SSSR count). The van der Waals surface area contributed by atoms with Crippen LogP contribution >= 0.6 is 34.5 Å². The number of anilines is 1. The summed E-state index contributed by atoms with van der Waals surface area (Å²) in [4.78, 5) is 26.0. The van der Waals surface area contributed by atoms with Crippen molar-refractivity contribution in [2.24, 2.45) is 0 Å². The van der Waals surface area contributed by atoms with E-state index >= 15 is 0 Å². The van der Waals surface area contributed by atoms with Crippen LogP contribution in [-0.2, 0) is 9.53 Å². The van der Waals surface area contributed by atoms with Crippen LogP contribution < -0.4 is 5.32 Å². The fourth-order valence-corrected chi connectivity index (χ4v) is 4.01. The fourth-order valence-electron chi connectivity index (χ4n) is 2.84. The van der Waals surface area contributed by atoms with Crippen molar-refractivity contribution in [3.05, 3.63) is 87.8 Å². The van der Waals surface area contributed by atoms with Crippen molar-refractivity contribution >= 4 is 52.1 Å². The van der Waals surface area contributed by atoms with Gasteiger partial charge in [0, 0.05) is 6.07 Å². The zero-order valence-corrected chi connectivity index (χ0v) is 18.2. The molecule has 0 aliphatic carbocycles. The number of nitrogens with one attached hydrogen (secondary N) is 1. The highest BCUT2D eigenvalue weighted by Crippen LogP contribution is 2.30. The number of aromatic nitrogens is 2.